The number of halogens is 1. The van der Waals surface area contributed by atoms with Gasteiger partial charge in [-0.3, -0.25) is 4.79 Å². The van der Waals surface area contributed by atoms with Crippen molar-refractivity contribution in [2.75, 3.05) is 11.9 Å². The van der Waals surface area contributed by atoms with Crippen molar-refractivity contribution in [3.63, 3.8) is 0 Å². The second-order valence-electron chi connectivity index (χ2n) is 6.67. The van der Waals surface area contributed by atoms with Gasteiger partial charge in [0, 0.05) is 22.0 Å². The Morgan fingerprint density at radius 2 is 2.07 bits per heavy atom. The maximum atomic E-state index is 11.7. The fraction of sp³-hybridized carbons (Fsp3) is 0.238. The third kappa shape index (κ3) is 3.70. The van der Waals surface area contributed by atoms with Gasteiger partial charge in [-0.2, -0.15) is 0 Å². The molecule has 1 aromatic heterocycles. The Bertz CT molecular complexity index is 1090. The zero-order valence-electron chi connectivity index (χ0n) is 15.6. The van der Waals surface area contributed by atoms with E-state index in [9.17, 15) is 4.79 Å². The minimum absolute atomic E-state index is 0.0573. The van der Waals surface area contributed by atoms with Gasteiger partial charge in [0.2, 0.25) is 0 Å². The zero-order valence-corrected chi connectivity index (χ0v) is 17.2. The number of rotatable bonds is 4. The Kier molecular flexibility index (Phi) is 5.24. The summed E-state index contributed by atoms with van der Waals surface area (Å²) in [5.74, 6) is 0.558. The number of nitrogens with one attached hydrogen (secondary N) is 1. The van der Waals surface area contributed by atoms with Crippen LogP contribution in [-0.4, -0.2) is 17.1 Å². The number of hydrogen-bond acceptors (Lipinski definition) is 4. The molecule has 1 N–H and O–H groups in total. The van der Waals surface area contributed by atoms with Gasteiger partial charge in [-0.15, -0.1) is 11.3 Å². The number of carbonyl (C=O) groups is 1. The van der Waals surface area contributed by atoms with Crippen molar-refractivity contribution < 1.29 is 9.53 Å². The standard InChI is InChI=1S/C21H20ClN3O2S/c1-3-13(2)25-18(12-28-21(25)23-16-7-5-15(22)6-8-16)14-4-9-19-17(10-14)24-20(26)11-27-19/h4-10,12-13H,3,11H2,1-2H3,(H,24,26). The average Bonchev–Trinajstić information content (AvgIpc) is 3.12. The summed E-state index contributed by atoms with van der Waals surface area (Å²) in [6, 6.07) is 13.7. The van der Waals surface area contributed by atoms with Crippen molar-refractivity contribution in [1.82, 2.24) is 4.57 Å². The molecule has 5 nitrogen and oxygen atoms in total. The molecule has 4 rings (SSSR count). The maximum absolute atomic E-state index is 11.7. The maximum Gasteiger partial charge on any atom is 0.262 e. The molecule has 0 spiro atoms. The first-order valence-corrected chi connectivity index (χ1v) is 10.4. The van der Waals surface area contributed by atoms with E-state index < -0.39 is 0 Å². The molecule has 144 valence electrons. The highest BCUT2D eigenvalue weighted by molar-refractivity contribution is 7.07. The predicted octanol–water partition coefficient (Wildman–Crippen LogP) is 5.40. The van der Waals surface area contributed by atoms with Crippen LogP contribution in [0, 0.1) is 0 Å². The SMILES string of the molecule is CCC(C)n1c(-c2ccc3c(c2)NC(=O)CO3)csc1=Nc1ccc(Cl)cc1. The fourth-order valence-electron chi connectivity index (χ4n) is 3.09. The molecule has 0 fully saturated rings. The van der Waals surface area contributed by atoms with Crippen LogP contribution in [0.1, 0.15) is 26.3 Å². The number of amides is 1. The van der Waals surface area contributed by atoms with E-state index in [1.54, 1.807) is 11.3 Å². The number of carbonyl (C=O) groups excluding carboxylic acids is 1. The quantitative estimate of drug-likeness (QED) is 0.622. The van der Waals surface area contributed by atoms with Crippen LogP contribution in [0.2, 0.25) is 5.02 Å². The first-order valence-electron chi connectivity index (χ1n) is 9.12. The minimum Gasteiger partial charge on any atom is -0.482 e. The van der Waals surface area contributed by atoms with Gasteiger partial charge in [0.05, 0.1) is 17.1 Å². The van der Waals surface area contributed by atoms with E-state index in [1.165, 1.54) is 0 Å². The number of nitrogens with zero attached hydrogens (tertiary/aromatic N) is 2. The molecule has 2 heterocycles. The first kappa shape index (κ1) is 18.8. The van der Waals surface area contributed by atoms with Crippen LogP contribution in [-0.2, 0) is 4.79 Å². The number of hydrogen-bond donors (Lipinski definition) is 1. The van der Waals surface area contributed by atoms with Gasteiger partial charge in [0.1, 0.15) is 5.75 Å². The summed E-state index contributed by atoms with van der Waals surface area (Å²) in [7, 11) is 0. The van der Waals surface area contributed by atoms with Crippen LogP contribution in [0.3, 0.4) is 0 Å². The lowest BCUT2D eigenvalue weighted by Crippen LogP contribution is -2.25. The molecule has 0 bridgehead atoms. The van der Waals surface area contributed by atoms with Gasteiger partial charge >= 0.3 is 0 Å². The molecule has 1 aliphatic heterocycles. The van der Waals surface area contributed by atoms with Crippen LogP contribution >= 0.6 is 22.9 Å². The van der Waals surface area contributed by atoms with E-state index in [0.29, 0.717) is 16.5 Å². The summed E-state index contributed by atoms with van der Waals surface area (Å²) in [4.78, 5) is 17.4. The molecular weight excluding hydrogens is 394 g/mol. The highest BCUT2D eigenvalue weighted by atomic mass is 35.5. The zero-order chi connectivity index (χ0) is 19.7. The first-order chi connectivity index (χ1) is 13.5. The lowest BCUT2D eigenvalue weighted by Gasteiger charge is -2.20. The van der Waals surface area contributed by atoms with Gasteiger partial charge in [-0.1, -0.05) is 18.5 Å². The molecule has 1 atom stereocenters. The van der Waals surface area contributed by atoms with Crippen molar-refractivity contribution in [3.05, 3.63) is 57.7 Å². The second kappa shape index (κ2) is 7.81. The fourth-order valence-corrected chi connectivity index (χ4v) is 4.23. The summed E-state index contributed by atoms with van der Waals surface area (Å²) in [6.45, 7) is 4.40. The number of benzene rings is 2. The third-order valence-corrected chi connectivity index (χ3v) is 5.82. The molecule has 1 aliphatic rings. The summed E-state index contributed by atoms with van der Waals surface area (Å²) in [5, 5.41) is 5.68. The Balaban J connectivity index is 1.82. The topological polar surface area (TPSA) is 55.6 Å². The van der Waals surface area contributed by atoms with Crippen molar-refractivity contribution in [1.29, 1.82) is 0 Å². The third-order valence-electron chi connectivity index (χ3n) is 4.73. The summed E-state index contributed by atoms with van der Waals surface area (Å²) < 4.78 is 7.72. The molecule has 0 saturated heterocycles. The molecule has 28 heavy (non-hydrogen) atoms. The Morgan fingerprint density at radius 1 is 1.29 bits per heavy atom. The smallest absolute Gasteiger partial charge is 0.262 e. The van der Waals surface area contributed by atoms with Crippen LogP contribution in [0.25, 0.3) is 11.3 Å². The molecule has 3 aromatic rings. The number of fused-ring (bicyclic) bond motifs is 1. The average molecular weight is 414 g/mol. The van der Waals surface area contributed by atoms with E-state index in [4.69, 9.17) is 21.3 Å². The lowest BCUT2D eigenvalue weighted by molar-refractivity contribution is -0.118. The molecule has 0 radical (unpaired) electrons. The minimum atomic E-state index is -0.136. The van der Waals surface area contributed by atoms with Gasteiger partial charge < -0.3 is 14.6 Å². The van der Waals surface area contributed by atoms with Gasteiger partial charge in [-0.25, -0.2) is 4.99 Å². The Hall–Kier alpha value is -2.57. The van der Waals surface area contributed by atoms with Crippen molar-refractivity contribution >= 4 is 40.2 Å². The lowest BCUT2D eigenvalue weighted by atomic mass is 10.1. The molecule has 1 unspecified atom stereocenters. The summed E-state index contributed by atoms with van der Waals surface area (Å²) in [5.41, 5.74) is 3.64. The van der Waals surface area contributed by atoms with Crippen molar-refractivity contribution in [2.24, 2.45) is 4.99 Å². The van der Waals surface area contributed by atoms with E-state index in [1.807, 2.05) is 42.5 Å². The van der Waals surface area contributed by atoms with Crippen molar-refractivity contribution in [2.45, 2.75) is 26.3 Å². The van der Waals surface area contributed by atoms with E-state index in [0.717, 1.165) is 28.2 Å². The summed E-state index contributed by atoms with van der Waals surface area (Å²) in [6.07, 6.45) is 0.975. The van der Waals surface area contributed by atoms with Crippen molar-refractivity contribution in [3.8, 4) is 17.0 Å². The molecular formula is C21H20ClN3O2S. The molecule has 0 saturated carbocycles. The molecule has 1 amide bonds. The van der Waals surface area contributed by atoms with Gasteiger partial charge in [0.15, 0.2) is 11.4 Å². The predicted molar refractivity (Wildman–Crippen MR) is 114 cm³/mol. The van der Waals surface area contributed by atoms with Crippen LogP contribution < -0.4 is 14.9 Å². The normalized spacial score (nSPS) is 15.0. The Labute approximate surface area is 172 Å². The largest absolute Gasteiger partial charge is 0.482 e. The van der Waals surface area contributed by atoms with Crippen LogP contribution in [0.4, 0.5) is 11.4 Å². The van der Waals surface area contributed by atoms with E-state index in [-0.39, 0.29) is 18.6 Å². The monoisotopic (exact) mass is 413 g/mol. The number of thiazole rings is 1. The highest BCUT2D eigenvalue weighted by Crippen LogP contribution is 2.34. The number of aromatic nitrogens is 1. The van der Waals surface area contributed by atoms with Crippen LogP contribution in [0.15, 0.2) is 52.8 Å². The number of anilines is 1. The van der Waals surface area contributed by atoms with Gasteiger partial charge in [-0.05, 0) is 55.8 Å². The van der Waals surface area contributed by atoms with E-state index in [2.05, 4.69) is 29.1 Å². The van der Waals surface area contributed by atoms with Gasteiger partial charge in [0.25, 0.3) is 5.91 Å². The molecule has 7 heteroatoms. The molecule has 2 aromatic carbocycles. The molecule has 0 aliphatic carbocycles. The summed E-state index contributed by atoms with van der Waals surface area (Å²) >= 11 is 7.58. The Morgan fingerprint density at radius 3 is 2.82 bits per heavy atom. The number of ether oxygens (including phenoxy) is 1. The van der Waals surface area contributed by atoms with Crippen LogP contribution in [0.5, 0.6) is 5.75 Å². The van der Waals surface area contributed by atoms with E-state index >= 15 is 0 Å². The second-order valence-corrected chi connectivity index (χ2v) is 7.94. The highest BCUT2D eigenvalue weighted by Gasteiger charge is 2.19.